The minimum absolute atomic E-state index is 0.114. The summed E-state index contributed by atoms with van der Waals surface area (Å²) < 4.78 is 0. The van der Waals surface area contributed by atoms with Crippen molar-refractivity contribution in [3.8, 4) is 0 Å². The quantitative estimate of drug-likeness (QED) is 0.513. The second kappa shape index (κ2) is 8.65. The van der Waals surface area contributed by atoms with E-state index in [9.17, 15) is 4.79 Å². The van der Waals surface area contributed by atoms with Gasteiger partial charge in [0.15, 0.2) is 0 Å². The number of carbonyl (C=O) groups excluding carboxylic acids is 1. The van der Waals surface area contributed by atoms with E-state index in [0.717, 1.165) is 13.0 Å². The Morgan fingerprint density at radius 3 is 2.40 bits per heavy atom. The molecule has 0 aromatic carbocycles. The molecule has 4 heteroatoms. The number of amides is 1. The van der Waals surface area contributed by atoms with Crippen molar-refractivity contribution in [3.63, 3.8) is 0 Å². The third-order valence-corrected chi connectivity index (χ3v) is 2.56. The van der Waals surface area contributed by atoms with Crippen molar-refractivity contribution in [2.24, 2.45) is 5.73 Å². The summed E-state index contributed by atoms with van der Waals surface area (Å²) >= 11 is 4.79. The van der Waals surface area contributed by atoms with E-state index >= 15 is 0 Å². The summed E-state index contributed by atoms with van der Waals surface area (Å²) in [7, 11) is 0. The molecule has 0 bridgehead atoms. The average molecular weight is 230 g/mol. The Morgan fingerprint density at radius 2 is 1.93 bits per heavy atom. The molecule has 0 saturated carbocycles. The lowest BCUT2D eigenvalue weighted by Crippen LogP contribution is -2.32. The van der Waals surface area contributed by atoms with Crippen molar-refractivity contribution in [1.82, 2.24) is 4.90 Å². The van der Waals surface area contributed by atoms with Gasteiger partial charge in [-0.05, 0) is 6.42 Å². The molecule has 2 N–H and O–H groups in total. The Bertz CT molecular complexity index is 207. The summed E-state index contributed by atoms with van der Waals surface area (Å²) in [5.74, 6) is 0.114. The van der Waals surface area contributed by atoms with Crippen LogP contribution in [0.4, 0.5) is 0 Å². The van der Waals surface area contributed by atoms with E-state index in [1.165, 1.54) is 19.3 Å². The minimum atomic E-state index is 0.114. The third-order valence-electron chi connectivity index (χ3n) is 2.36. The normalized spacial score (nSPS) is 10.0. The Labute approximate surface area is 98.0 Å². The zero-order valence-electron chi connectivity index (χ0n) is 9.79. The van der Waals surface area contributed by atoms with Crippen molar-refractivity contribution < 1.29 is 4.79 Å². The summed E-state index contributed by atoms with van der Waals surface area (Å²) in [4.78, 5) is 13.6. The number of rotatable bonds is 8. The Balaban J connectivity index is 3.73. The number of carbonyl (C=O) groups is 1. The highest BCUT2D eigenvalue weighted by molar-refractivity contribution is 7.80. The topological polar surface area (TPSA) is 46.3 Å². The highest BCUT2D eigenvalue weighted by Crippen LogP contribution is 2.02. The molecule has 15 heavy (non-hydrogen) atoms. The predicted octanol–water partition coefficient (Wildman–Crippen LogP) is 2.09. The first-order valence-corrected chi connectivity index (χ1v) is 6.02. The maximum absolute atomic E-state index is 11.3. The van der Waals surface area contributed by atoms with Crippen molar-refractivity contribution in [2.75, 3.05) is 13.1 Å². The van der Waals surface area contributed by atoms with Crippen LogP contribution in [0.1, 0.15) is 46.0 Å². The van der Waals surface area contributed by atoms with Crippen molar-refractivity contribution in [1.29, 1.82) is 0 Å². The minimum Gasteiger partial charge on any atom is -0.393 e. The molecule has 0 aromatic rings. The van der Waals surface area contributed by atoms with Gasteiger partial charge in [-0.15, -0.1) is 0 Å². The van der Waals surface area contributed by atoms with Gasteiger partial charge in [-0.2, -0.15) is 0 Å². The summed E-state index contributed by atoms with van der Waals surface area (Å²) in [6.45, 7) is 5.27. The zero-order valence-corrected chi connectivity index (χ0v) is 10.6. The molecule has 0 fully saturated rings. The van der Waals surface area contributed by atoms with Crippen LogP contribution >= 0.6 is 12.2 Å². The monoisotopic (exact) mass is 230 g/mol. The molecule has 0 saturated heterocycles. The number of thiocarbonyl (C=S) groups is 1. The lowest BCUT2D eigenvalue weighted by molar-refractivity contribution is -0.128. The highest BCUT2D eigenvalue weighted by atomic mass is 32.1. The maximum Gasteiger partial charge on any atom is 0.219 e. The molecular weight excluding hydrogens is 208 g/mol. The molecule has 0 aliphatic carbocycles. The van der Waals surface area contributed by atoms with Gasteiger partial charge in [0, 0.05) is 26.4 Å². The van der Waals surface area contributed by atoms with Crippen molar-refractivity contribution in [2.45, 2.75) is 46.0 Å². The first-order chi connectivity index (χ1) is 7.07. The molecule has 0 spiro atoms. The molecular formula is C11H22N2OS. The number of hydrogen-bond acceptors (Lipinski definition) is 2. The van der Waals surface area contributed by atoms with E-state index < -0.39 is 0 Å². The van der Waals surface area contributed by atoms with Gasteiger partial charge in [0.05, 0.1) is 4.99 Å². The van der Waals surface area contributed by atoms with Gasteiger partial charge in [-0.3, -0.25) is 4.79 Å². The molecule has 0 aromatic heterocycles. The second-order valence-electron chi connectivity index (χ2n) is 3.78. The van der Waals surface area contributed by atoms with E-state index in [0.29, 0.717) is 18.0 Å². The average Bonchev–Trinajstić information content (AvgIpc) is 2.15. The van der Waals surface area contributed by atoms with Crippen LogP contribution in [-0.4, -0.2) is 28.9 Å². The van der Waals surface area contributed by atoms with Crippen molar-refractivity contribution >= 4 is 23.1 Å². The molecule has 0 heterocycles. The fourth-order valence-electron chi connectivity index (χ4n) is 1.40. The number of hydrogen-bond donors (Lipinski definition) is 1. The largest absolute Gasteiger partial charge is 0.393 e. The Kier molecular flexibility index (Phi) is 8.28. The van der Waals surface area contributed by atoms with Crippen LogP contribution in [0.2, 0.25) is 0 Å². The lowest BCUT2D eigenvalue weighted by atomic mass is 10.2. The number of nitrogens with zero attached hydrogens (tertiary/aromatic N) is 1. The first kappa shape index (κ1) is 14.4. The molecule has 88 valence electrons. The van der Waals surface area contributed by atoms with Gasteiger partial charge >= 0.3 is 0 Å². The van der Waals surface area contributed by atoms with Crippen LogP contribution in [0.25, 0.3) is 0 Å². The molecule has 0 unspecified atom stereocenters. The third kappa shape index (κ3) is 8.36. The fourth-order valence-corrected chi connectivity index (χ4v) is 1.49. The lowest BCUT2D eigenvalue weighted by Gasteiger charge is -2.20. The molecule has 0 radical (unpaired) electrons. The van der Waals surface area contributed by atoms with Gasteiger partial charge in [-0.25, -0.2) is 0 Å². The van der Waals surface area contributed by atoms with E-state index in [-0.39, 0.29) is 5.91 Å². The van der Waals surface area contributed by atoms with Crippen LogP contribution in [-0.2, 0) is 4.79 Å². The smallest absolute Gasteiger partial charge is 0.219 e. The zero-order chi connectivity index (χ0) is 11.7. The first-order valence-electron chi connectivity index (χ1n) is 5.61. The number of unbranched alkanes of at least 4 members (excludes halogenated alkanes) is 3. The summed E-state index contributed by atoms with van der Waals surface area (Å²) in [5.41, 5.74) is 5.41. The van der Waals surface area contributed by atoms with Gasteiger partial charge in [0.2, 0.25) is 5.91 Å². The van der Waals surface area contributed by atoms with E-state index in [4.69, 9.17) is 18.0 Å². The molecule has 0 aliphatic heterocycles. The van der Waals surface area contributed by atoms with Crippen LogP contribution in [0.5, 0.6) is 0 Å². The van der Waals surface area contributed by atoms with Crippen LogP contribution in [0, 0.1) is 0 Å². The van der Waals surface area contributed by atoms with Crippen LogP contribution in [0.3, 0.4) is 0 Å². The maximum atomic E-state index is 11.3. The Morgan fingerprint density at radius 1 is 1.27 bits per heavy atom. The van der Waals surface area contributed by atoms with Gasteiger partial charge in [-0.1, -0.05) is 38.4 Å². The second-order valence-corrected chi connectivity index (χ2v) is 4.31. The predicted molar refractivity (Wildman–Crippen MR) is 67.8 cm³/mol. The van der Waals surface area contributed by atoms with Crippen molar-refractivity contribution in [3.05, 3.63) is 0 Å². The molecule has 0 rings (SSSR count). The summed E-state index contributed by atoms with van der Waals surface area (Å²) in [6, 6.07) is 0. The Hall–Kier alpha value is -0.640. The van der Waals surface area contributed by atoms with E-state index in [1.54, 1.807) is 6.92 Å². The van der Waals surface area contributed by atoms with Gasteiger partial charge in [0.25, 0.3) is 0 Å². The standard InChI is InChI=1S/C11H22N2OS/c1-3-4-5-6-8-13(10(2)14)9-7-11(12)15/h3-9H2,1-2H3,(H2,12,15). The molecule has 0 atom stereocenters. The number of nitrogens with two attached hydrogens (primary N) is 1. The highest BCUT2D eigenvalue weighted by Gasteiger charge is 2.07. The molecule has 0 aliphatic rings. The van der Waals surface area contributed by atoms with Crippen LogP contribution in [0.15, 0.2) is 0 Å². The fraction of sp³-hybridized carbons (Fsp3) is 0.818. The van der Waals surface area contributed by atoms with E-state index in [1.807, 2.05) is 4.90 Å². The van der Waals surface area contributed by atoms with E-state index in [2.05, 4.69) is 6.92 Å². The SMILES string of the molecule is CCCCCCN(CCC(N)=S)C(C)=O. The summed E-state index contributed by atoms with van der Waals surface area (Å²) in [5, 5.41) is 0. The molecule has 3 nitrogen and oxygen atoms in total. The summed E-state index contributed by atoms with van der Waals surface area (Å²) in [6.07, 6.45) is 5.34. The van der Waals surface area contributed by atoms with Gasteiger partial charge < -0.3 is 10.6 Å². The van der Waals surface area contributed by atoms with Crippen LogP contribution < -0.4 is 5.73 Å². The molecule has 1 amide bonds. The van der Waals surface area contributed by atoms with Gasteiger partial charge in [0.1, 0.15) is 0 Å².